The Morgan fingerprint density at radius 1 is 1.38 bits per heavy atom. The van der Waals surface area contributed by atoms with Crippen LogP contribution in [0.3, 0.4) is 0 Å². The molecule has 1 aromatic rings. The van der Waals surface area contributed by atoms with Crippen molar-refractivity contribution in [3.05, 3.63) is 23.8 Å². The third-order valence-electron chi connectivity index (χ3n) is 2.09. The summed E-state index contributed by atoms with van der Waals surface area (Å²) in [6, 6.07) is 5.52. The third-order valence-corrected chi connectivity index (χ3v) is 2.78. The molecule has 4 nitrogen and oxygen atoms in total. The molecule has 0 bridgehead atoms. The van der Waals surface area contributed by atoms with Crippen LogP contribution in [0.15, 0.2) is 18.2 Å². The summed E-state index contributed by atoms with van der Waals surface area (Å²) in [6.45, 7) is 0.467. The zero-order chi connectivity index (χ0) is 12.0. The minimum atomic E-state index is 0.0125. The number of rotatable bonds is 5. The van der Waals surface area contributed by atoms with E-state index in [0.29, 0.717) is 16.7 Å². The summed E-state index contributed by atoms with van der Waals surface area (Å²) >= 11 is 2.02. The summed E-state index contributed by atoms with van der Waals surface area (Å²) in [5, 5.41) is 2.79. The van der Waals surface area contributed by atoms with E-state index in [9.17, 15) is 4.79 Å². The van der Waals surface area contributed by atoms with E-state index in [0.717, 1.165) is 11.3 Å². The lowest BCUT2D eigenvalue weighted by molar-refractivity contribution is -0.118. The van der Waals surface area contributed by atoms with Gasteiger partial charge in [0.1, 0.15) is 11.5 Å². The van der Waals surface area contributed by atoms with Crippen LogP contribution in [0.4, 0.5) is 0 Å². The van der Waals surface area contributed by atoms with Gasteiger partial charge in [0.05, 0.1) is 18.6 Å². The predicted molar refractivity (Wildman–Crippen MR) is 70.3 cm³/mol. The summed E-state index contributed by atoms with van der Waals surface area (Å²) in [7, 11) is 3.20. The lowest BCUT2D eigenvalue weighted by Gasteiger charge is -2.10. The van der Waals surface area contributed by atoms with Gasteiger partial charge in [-0.05, 0) is 12.1 Å². The van der Waals surface area contributed by atoms with E-state index in [-0.39, 0.29) is 5.91 Å². The minimum absolute atomic E-state index is 0.0125. The molecule has 0 atom stereocenters. The minimum Gasteiger partial charge on any atom is -0.497 e. The topological polar surface area (TPSA) is 47.6 Å². The van der Waals surface area contributed by atoms with Gasteiger partial charge < -0.3 is 14.8 Å². The largest absolute Gasteiger partial charge is 0.497 e. The second-order valence-corrected chi connectivity index (χ2v) is 3.85. The first-order valence-corrected chi connectivity index (χ1v) is 6.27. The van der Waals surface area contributed by atoms with Crippen LogP contribution in [0.25, 0.3) is 0 Å². The molecular formula is C11H14INO3. The second kappa shape index (κ2) is 6.57. The average molecular weight is 335 g/mol. The van der Waals surface area contributed by atoms with Gasteiger partial charge in [0.15, 0.2) is 0 Å². The number of nitrogens with one attached hydrogen (secondary N) is 1. The Bertz CT molecular complexity index is 368. The number of hydrogen-bond donors (Lipinski definition) is 1. The van der Waals surface area contributed by atoms with Crippen LogP contribution in [0.2, 0.25) is 0 Å². The predicted octanol–water partition coefficient (Wildman–Crippen LogP) is 1.75. The summed E-state index contributed by atoms with van der Waals surface area (Å²) in [6.07, 6.45) is 0. The molecule has 0 saturated carbocycles. The number of ether oxygens (including phenoxy) is 2. The van der Waals surface area contributed by atoms with E-state index in [1.165, 1.54) is 0 Å². The van der Waals surface area contributed by atoms with Crippen molar-refractivity contribution in [2.24, 2.45) is 0 Å². The number of alkyl halides is 1. The Hall–Kier alpha value is -0.980. The summed E-state index contributed by atoms with van der Waals surface area (Å²) in [5.74, 6) is 1.47. The Morgan fingerprint density at radius 2 is 2.12 bits per heavy atom. The fraction of sp³-hybridized carbons (Fsp3) is 0.364. The van der Waals surface area contributed by atoms with Crippen LogP contribution >= 0.6 is 22.6 Å². The fourth-order valence-electron chi connectivity index (χ4n) is 1.24. The van der Waals surface area contributed by atoms with E-state index in [4.69, 9.17) is 9.47 Å². The van der Waals surface area contributed by atoms with E-state index in [1.54, 1.807) is 20.3 Å². The number of carbonyl (C=O) groups excluding carboxylic acids is 1. The summed E-state index contributed by atoms with van der Waals surface area (Å²) in [5.41, 5.74) is 0.932. The van der Waals surface area contributed by atoms with Gasteiger partial charge in [-0.3, -0.25) is 4.79 Å². The first-order chi connectivity index (χ1) is 7.71. The molecule has 0 unspecified atom stereocenters. The zero-order valence-corrected chi connectivity index (χ0v) is 11.4. The van der Waals surface area contributed by atoms with Crippen LogP contribution in [-0.4, -0.2) is 24.6 Å². The van der Waals surface area contributed by atoms with Gasteiger partial charge in [-0.15, -0.1) is 0 Å². The molecule has 0 saturated heterocycles. The van der Waals surface area contributed by atoms with Gasteiger partial charge in [0.25, 0.3) is 0 Å². The van der Waals surface area contributed by atoms with E-state index in [2.05, 4.69) is 5.32 Å². The van der Waals surface area contributed by atoms with Crippen molar-refractivity contribution in [1.82, 2.24) is 5.32 Å². The highest BCUT2D eigenvalue weighted by atomic mass is 127. The van der Waals surface area contributed by atoms with E-state index in [1.807, 2.05) is 34.7 Å². The molecule has 88 valence electrons. The first-order valence-electron chi connectivity index (χ1n) is 4.74. The molecule has 0 aliphatic rings. The summed E-state index contributed by atoms with van der Waals surface area (Å²) < 4.78 is 10.8. The number of amides is 1. The molecule has 0 aliphatic carbocycles. The quantitative estimate of drug-likeness (QED) is 0.659. The number of carbonyl (C=O) groups is 1. The highest BCUT2D eigenvalue weighted by Crippen LogP contribution is 2.24. The monoisotopic (exact) mass is 335 g/mol. The van der Waals surface area contributed by atoms with Crippen molar-refractivity contribution in [3.8, 4) is 11.5 Å². The molecule has 16 heavy (non-hydrogen) atoms. The molecule has 1 amide bonds. The highest BCUT2D eigenvalue weighted by molar-refractivity contribution is 14.1. The van der Waals surface area contributed by atoms with Crippen molar-refractivity contribution in [3.63, 3.8) is 0 Å². The molecule has 0 spiro atoms. The molecule has 0 aliphatic heterocycles. The molecule has 5 heteroatoms. The molecule has 0 fully saturated rings. The zero-order valence-electron chi connectivity index (χ0n) is 9.25. The number of hydrogen-bond acceptors (Lipinski definition) is 3. The molecule has 1 N–H and O–H groups in total. The Labute approximate surface area is 108 Å². The standard InChI is InChI=1S/C11H14INO3/c1-15-9-4-3-8(10(5-9)16-2)7-13-11(14)6-12/h3-5H,6-7H2,1-2H3,(H,13,14). The molecule has 0 aromatic heterocycles. The van der Waals surface area contributed by atoms with E-state index < -0.39 is 0 Å². The molecule has 0 heterocycles. The number of methoxy groups -OCH3 is 2. The summed E-state index contributed by atoms with van der Waals surface area (Å²) in [4.78, 5) is 11.1. The maximum absolute atomic E-state index is 11.1. The van der Waals surface area contributed by atoms with Crippen molar-refractivity contribution in [2.75, 3.05) is 18.6 Å². The first kappa shape index (κ1) is 13.1. The molecular weight excluding hydrogens is 321 g/mol. The number of benzene rings is 1. The van der Waals surface area contributed by atoms with Crippen molar-refractivity contribution in [1.29, 1.82) is 0 Å². The van der Waals surface area contributed by atoms with Crippen molar-refractivity contribution >= 4 is 28.5 Å². The van der Waals surface area contributed by atoms with Crippen LogP contribution in [0.1, 0.15) is 5.56 Å². The van der Waals surface area contributed by atoms with Gasteiger partial charge in [-0.1, -0.05) is 22.6 Å². The number of halogens is 1. The van der Waals surface area contributed by atoms with Crippen molar-refractivity contribution in [2.45, 2.75) is 6.54 Å². The molecule has 0 radical (unpaired) electrons. The van der Waals surface area contributed by atoms with E-state index >= 15 is 0 Å². The van der Waals surface area contributed by atoms with Gasteiger partial charge in [-0.25, -0.2) is 0 Å². The third kappa shape index (κ3) is 3.55. The SMILES string of the molecule is COc1ccc(CNC(=O)CI)c(OC)c1. The van der Waals surface area contributed by atoms with Crippen LogP contribution < -0.4 is 14.8 Å². The Kier molecular flexibility index (Phi) is 5.37. The molecule has 1 rings (SSSR count). The van der Waals surface area contributed by atoms with Crippen LogP contribution in [-0.2, 0) is 11.3 Å². The lowest BCUT2D eigenvalue weighted by Crippen LogP contribution is -2.23. The average Bonchev–Trinajstić information content (AvgIpc) is 2.35. The van der Waals surface area contributed by atoms with Crippen LogP contribution in [0.5, 0.6) is 11.5 Å². The maximum Gasteiger partial charge on any atom is 0.230 e. The van der Waals surface area contributed by atoms with Gasteiger partial charge in [-0.2, -0.15) is 0 Å². The lowest BCUT2D eigenvalue weighted by atomic mass is 10.2. The second-order valence-electron chi connectivity index (χ2n) is 3.09. The van der Waals surface area contributed by atoms with Gasteiger partial charge >= 0.3 is 0 Å². The fourth-order valence-corrected chi connectivity index (χ4v) is 1.51. The Morgan fingerprint density at radius 3 is 2.69 bits per heavy atom. The molecule has 1 aromatic carbocycles. The van der Waals surface area contributed by atoms with Crippen molar-refractivity contribution < 1.29 is 14.3 Å². The highest BCUT2D eigenvalue weighted by Gasteiger charge is 2.06. The smallest absolute Gasteiger partial charge is 0.230 e. The van der Waals surface area contributed by atoms with Gasteiger partial charge in [0.2, 0.25) is 5.91 Å². The normalized spacial score (nSPS) is 9.69. The van der Waals surface area contributed by atoms with Crippen LogP contribution in [0, 0.1) is 0 Å². The van der Waals surface area contributed by atoms with Gasteiger partial charge in [0, 0.05) is 18.2 Å². The Balaban J connectivity index is 2.75. The maximum atomic E-state index is 11.1.